The number of carbonyl (C=O) groups excluding carboxylic acids is 2. The lowest BCUT2D eigenvalue weighted by atomic mass is 9.74. The normalized spacial score (nSPS) is 24.7. The quantitative estimate of drug-likeness (QED) is 0.477. The molecule has 0 aromatic heterocycles. The van der Waals surface area contributed by atoms with Gasteiger partial charge in [-0.1, -0.05) is 54.6 Å². The van der Waals surface area contributed by atoms with Gasteiger partial charge in [0.25, 0.3) is 0 Å². The molecule has 0 saturated carbocycles. The Hall–Kier alpha value is -2.86. The number of benzene rings is 2. The maximum absolute atomic E-state index is 13.3. The minimum Gasteiger partial charge on any atom is -0.291 e. The summed E-state index contributed by atoms with van der Waals surface area (Å²) in [4.78, 5) is 39.5. The van der Waals surface area contributed by atoms with Gasteiger partial charge in [-0.25, -0.2) is 0 Å². The number of nitrogens with zero attached hydrogens (tertiary/aromatic N) is 2. The van der Waals surface area contributed by atoms with E-state index in [2.05, 4.69) is 0 Å². The SMILES string of the molecule is CN1C[C@H]([N+](=O)[O-])[C@@H](c2ccccc2)C12C(=O)c1ccccc1C2=O. The number of hydrogen-bond donors (Lipinski definition) is 0. The molecule has 6 heteroatoms. The predicted octanol–water partition coefficient (Wildman–Crippen LogP) is 2.18. The third-order valence-electron chi connectivity index (χ3n) is 5.44. The molecule has 0 bridgehead atoms. The Morgan fingerprint density at radius 1 is 1.00 bits per heavy atom. The second-order valence-electron chi connectivity index (χ2n) is 6.59. The van der Waals surface area contributed by atoms with Crippen LogP contribution in [0.15, 0.2) is 54.6 Å². The zero-order valence-corrected chi connectivity index (χ0v) is 13.6. The summed E-state index contributed by atoms with van der Waals surface area (Å²) in [5.74, 6) is -1.50. The maximum Gasteiger partial charge on any atom is 0.235 e. The van der Waals surface area contributed by atoms with Crippen LogP contribution in [0.3, 0.4) is 0 Å². The highest BCUT2D eigenvalue weighted by molar-refractivity contribution is 6.33. The van der Waals surface area contributed by atoms with Crippen LogP contribution in [0.25, 0.3) is 0 Å². The summed E-state index contributed by atoms with van der Waals surface area (Å²) < 4.78 is 0. The molecule has 0 N–H and O–H groups in total. The van der Waals surface area contributed by atoms with E-state index in [0.29, 0.717) is 16.7 Å². The van der Waals surface area contributed by atoms with Crippen LogP contribution in [-0.4, -0.2) is 46.6 Å². The Morgan fingerprint density at radius 3 is 2.04 bits per heavy atom. The van der Waals surface area contributed by atoms with E-state index in [9.17, 15) is 19.7 Å². The van der Waals surface area contributed by atoms with E-state index in [4.69, 9.17) is 0 Å². The molecule has 1 fully saturated rings. The van der Waals surface area contributed by atoms with Gasteiger partial charge in [0.05, 0.1) is 12.5 Å². The fraction of sp³-hybridized carbons (Fsp3) is 0.263. The monoisotopic (exact) mass is 336 g/mol. The number of carbonyl (C=O) groups is 2. The van der Waals surface area contributed by atoms with E-state index >= 15 is 0 Å². The first-order valence-electron chi connectivity index (χ1n) is 8.08. The van der Waals surface area contributed by atoms with Crippen LogP contribution in [-0.2, 0) is 0 Å². The van der Waals surface area contributed by atoms with E-state index < -0.39 is 17.5 Å². The van der Waals surface area contributed by atoms with Crippen LogP contribution in [0, 0.1) is 10.1 Å². The predicted molar refractivity (Wildman–Crippen MR) is 90.4 cm³/mol. The Morgan fingerprint density at radius 2 is 1.52 bits per heavy atom. The molecule has 25 heavy (non-hydrogen) atoms. The van der Waals surface area contributed by atoms with Gasteiger partial charge in [0, 0.05) is 16.1 Å². The van der Waals surface area contributed by atoms with Crippen molar-refractivity contribution in [2.75, 3.05) is 13.6 Å². The van der Waals surface area contributed by atoms with Crippen molar-refractivity contribution in [2.24, 2.45) is 0 Å². The molecule has 2 aromatic rings. The molecule has 2 atom stereocenters. The van der Waals surface area contributed by atoms with Crippen LogP contribution >= 0.6 is 0 Å². The summed E-state index contributed by atoms with van der Waals surface area (Å²) in [6.45, 7) is 0.0536. The number of likely N-dealkylation sites (N-methyl/N-ethyl adjacent to an activating group) is 1. The Balaban J connectivity index is 1.97. The molecule has 1 saturated heterocycles. The highest BCUT2D eigenvalue weighted by Crippen LogP contribution is 2.50. The zero-order chi connectivity index (χ0) is 17.8. The van der Waals surface area contributed by atoms with Crippen molar-refractivity contribution in [2.45, 2.75) is 17.5 Å². The first-order chi connectivity index (χ1) is 12.0. The second-order valence-corrected chi connectivity index (χ2v) is 6.59. The molecular formula is C19H16N2O4. The Bertz CT molecular complexity index is 858. The lowest BCUT2D eigenvalue weighted by molar-refractivity contribution is -0.521. The number of ketones is 2. The highest BCUT2D eigenvalue weighted by Gasteiger charge is 2.69. The first-order valence-corrected chi connectivity index (χ1v) is 8.08. The molecule has 6 nitrogen and oxygen atoms in total. The molecule has 1 spiro atoms. The summed E-state index contributed by atoms with van der Waals surface area (Å²) in [5, 5.41) is 11.7. The summed E-state index contributed by atoms with van der Waals surface area (Å²) >= 11 is 0. The zero-order valence-electron chi connectivity index (χ0n) is 13.6. The van der Waals surface area contributed by atoms with E-state index in [1.807, 2.05) is 6.07 Å². The van der Waals surface area contributed by atoms with E-state index in [0.717, 1.165) is 0 Å². The number of rotatable bonds is 2. The van der Waals surface area contributed by atoms with Crippen LogP contribution in [0.4, 0.5) is 0 Å². The summed E-state index contributed by atoms with van der Waals surface area (Å²) in [6.07, 6.45) is 0. The molecule has 1 aliphatic carbocycles. The summed E-state index contributed by atoms with van der Waals surface area (Å²) in [6, 6.07) is 14.5. The van der Waals surface area contributed by atoms with Gasteiger partial charge in [-0.2, -0.15) is 0 Å². The molecule has 126 valence electrons. The molecule has 0 radical (unpaired) electrons. The average molecular weight is 336 g/mol. The minimum absolute atomic E-state index is 0.0536. The molecule has 1 heterocycles. The number of likely N-dealkylation sites (tertiary alicyclic amines) is 1. The van der Waals surface area contributed by atoms with Gasteiger partial charge in [-0.3, -0.25) is 24.6 Å². The van der Waals surface area contributed by atoms with Crippen molar-refractivity contribution in [1.82, 2.24) is 4.90 Å². The number of fused-ring (bicyclic) bond motifs is 1. The van der Waals surface area contributed by atoms with Crippen molar-refractivity contribution in [3.05, 3.63) is 81.4 Å². The summed E-state index contributed by atoms with van der Waals surface area (Å²) in [7, 11) is 1.63. The summed E-state index contributed by atoms with van der Waals surface area (Å²) in [5.41, 5.74) is -0.195. The van der Waals surface area contributed by atoms with Gasteiger partial charge < -0.3 is 0 Å². The standard InChI is InChI=1S/C19H16N2O4/c1-20-11-15(21(24)25)16(12-7-3-2-4-8-12)19(20)17(22)13-9-5-6-10-14(13)18(19)23/h2-10,15-16H,11H2,1H3/t15-,16+/m0/s1. The number of nitro groups is 1. The third kappa shape index (κ3) is 1.88. The molecular weight excluding hydrogens is 320 g/mol. The van der Waals surface area contributed by atoms with E-state index in [1.54, 1.807) is 60.5 Å². The molecule has 4 rings (SSSR count). The van der Waals surface area contributed by atoms with Crippen LogP contribution in [0.2, 0.25) is 0 Å². The van der Waals surface area contributed by atoms with Gasteiger partial charge in [-0.05, 0) is 12.6 Å². The third-order valence-corrected chi connectivity index (χ3v) is 5.44. The highest BCUT2D eigenvalue weighted by atomic mass is 16.6. The van der Waals surface area contributed by atoms with Gasteiger partial charge in [0.2, 0.25) is 6.04 Å². The fourth-order valence-electron chi connectivity index (χ4n) is 4.38. The van der Waals surface area contributed by atoms with Crippen molar-refractivity contribution < 1.29 is 14.5 Å². The van der Waals surface area contributed by atoms with Crippen molar-refractivity contribution >= 4 is 11.6 Å². The number of hydrogen-bond acceptors (Lipinski definition) is 5. The minimum atomic E-state index is -1.54. The first kappa shape index (κ1) is 15.7. The maximum atomic E-state index is 13.3. The largest absolute Gasteiger partial charge is 0.291 e. The van der Waals surface area contributed by atoms with Crippen LogP contribution < -0.4 is 0 Å². The lowest BCUT2D eigenvalue weighted by Gasteiger charge is -2.33. The molecule has 0 unspecified atom stereocenters. The molecule has 2 aliphatic rings. The fourth-order valence-corrected chi connectivity index (χ4v) is 4.38. The van der Waals surface area contributed by atoms with Crippen LogP contribution in [0.5, 0.6) is 0 Å². The molecule has 0 amide bonds. The molecule has 1 aliphatic heterocycles. The van der Waals surface area contributed by atoms with Crippen molar-refractivity contribution in [3.63, 3.8) is 0 Å². The Labute approximate surface area is 144 Å². The van der Waals surface area contributed by atoms with Gasteiger partial charge in [0.1, 0.15) is 0 Å². The van der Waals surface area contributed by atoms with Crippen molar-refractivity contribution in [1.29, 1.82) is 0 Å². The van der Waals surface area contributed by atoms with Gasteiger partial charge in [0.15, 0.2) is 17.1 Å². The van der Waals surface area contributed by atoms with E-state index in [1.165, 1.54) is 0 Å². The molecule has 2 aromatic carbocycles. The second kappa shape index (κ2) is 5.32. The van der Waals surface area contributed by atoms with Gasteiger partial charge in [-0.15, -0.1) is 0 Å². The average Bonchev–Trinajstić information content (AvgIpc) is 3.06. The topological polar surface area (TPSA) is 80.5 Å². The van der Waals surface area contributed by atoms with Crippen molar-refractivity contribution in [3.8, 4) is 0 Å². The number of Topliss-reactive ketones (excluding diaryl/α,β-unsaturated/α-hetero) is 2. The lowest BCUT2D eigenvalue weighted by Crippen LogP contribution is -2.55. The smallest absolute Gasteiger partial charge is 0.235 e. The van der Waals surface area contributed by atoms with Crippen LogP contribution in [0.1, 0.15) is 32.2 Å². The van der Waals surface area contributed by atoms with E-state index in [-0.39, 0.29) is 23.0 Å². The van der Waals surface area contributed by atoms with Gasteiger partial charge >= 0.3 is 0 Å². The Kier molecular flexibility index (Phi) is 3.33.